The zero-order valence-electron chi connectivity index (χ0n) is 7.98. The van der Waals surface area contributed by atoms with Crippen molar-refractivity contribution in [1.82, 2.24) is 14.7 Å². The second kappa shape index (κ2) is 3.47. The van der Waals surface area contributed by atoms with E-state index in [-0.39, 0.29) is 0 Å². The van der Waals surface area contributed by atoms with Gasteiger partial charge in [-0.25, -0.2) is 0 Å². The highest BCUT2D eigenvalue weighted by Gasteiger charge is 2.23. The van der Waals surface area contributed by atoms with Gasteiger partial charge in [-0.05, 0) is 13.0 Å². The molecule has 1 saturated heterocycles. The molecule has 0 spiro atoms. The summed E-state index contributed by atoms with van der Waals surface area (Å²) in [7, 11) is 0. The lowest BCUT2D eigenvalue weighted by Crippen LogP contribution is -2.55. The van der Waals surface area contributed by atoms with Crippen LogP contribution in [0.15, 0.2) is 12.3 Å². The highest BCUT2D eigenvalue weighted by Crippen LogP contribution is 2.11. The molecule has 1 fully saturated rings. The average molecular weight is 180 g/mol. The number of hydrogen-bond acceptors (Lipinski definition) is 3. The predicted octanol–water partition coefficient (Wildman–Crippen LogP) is 0.0459. The molecule has 0 aromatic carbocycles. The van der Waals surface area contributed by atoms with Gasteiger partial charge in [-0.15, -0.1) is 0 Å². The van der Waals surface area contributed by atoms with Crippen LogP contribution < -0.4 is 5.73 Å². The van der Waals surface area contributed by atoms with E-state index in [1.165, 1.54) is 5.69 Å². The smallest absolute Gasteiger partial charge is 0.0524 e. The standard InChI is InChI=1S/C9H16N4/c1-2-13-9(3-4-11-13)7-12-5-8(10)6-12/h3-4,8H,2,5-7,10H2,1H3. The Morgan fingerprint density at radius 1 is 1.62 bits per heavy atom. The van der Waals surface area contributed by atoms with Crippen LogP contribution in [-0.4, -0.2) is 33.8 Å². The third kappa shape index (κ3) is 1.73. The van der Waals surface area contributed by atoms with Crippen LogP contribution in [0.5, 0.6) is 0 Å². The maximum atomic E-state index is 5.70. The van der Waals surface area contributed by atoms with E-state index in [0.717, 1.165) is 26.2 Å². The fourth-order valence-electron chi connectivity index (χ4n) is 1.75. The Bertz CT molecular complexity index is 275. The lowest BCUT2D eigenvalue weighted by atomic mass is 10.1. The van der Waals surface area contributed by atoms with Crippen LogP contribution >= 0.6 is 0 Å². The highest BCUT2D eigenvalue weighted by atomic mass is 15.3. The normalized spacial score (nSPS) is 18.9. The SMILES string of the molecule is CCn1nccc1CN1CC(N)C1. The van der Waals surface area contributed by atoms with Crippen LogP contribution in [-0.2, 0) is 13.1 Å². The van der Waals surface area contributed by atoms with Gasteiger partial charge in [-0.2, -0.15) is 5.10 Å². The molecular weight excluding hydrogens is 164 g/mol. The third-order valence-corrected chi connectivity index (χ3v) is 2.48. The molecule has 2 N–H and O–H groups in total. The molecule has 1 aliphatic rings. The molecule has 0 amide bonds. The summed E-state index contributed by atoms with van der Waals surface area (Å²) in [5.41, 5.74) is 6.99. The van der Waals surface area contributed by atoms with E-state index in [9.17, 15) is 0 Å². The first-order chi connectivity index (χ1) is 6.29. The van der Waals surface area contributed by atoms with Crippen LogP contribution in [0.3, 0.4) is 0 Å². The van der Waals surface area contributed by atoms with E-state index in [2.05, 4.69) is 23.0 Å². The summed E-state index contributed by atoms with van der Waals surface area (Å²) >= 11 is 0. The quantitative estimate of drug-likeness (QED) is 0.714. The number of aryl methyl sites for hydroxylation is 1. The van der Waals surface area contributed by atoms with E-state index < -0.39 is 0 Å². The first-order valence-corrected chi connectivity index (χ1v) is 4.78. The maximum absolute atomic E-state index is 5.70. The van der Waals surface area contributed by atoms with Crippen molar-refractivity contribution in [2.24, 2.45) is 5.73 Å². The molecule has 0 radical (unpaired) electrons. The fourth-order valence-corrected chi connectivity index (χ4v) is 1.75. The van der Waals surface area contributed by atoms with Crippen molar-refractivity contribution in [3.05, 3.63) is 18.0 Å². The molecule has 1 aromatic rings. The average Bonchev–Trinajstić information content (AvgIpc) is 2.49. The fraction of sp³-hybridized carbons (Fsp3) is 0.667. The molecular formula is C9H16N4. The van der Waals surface area contributed by atoms with Crippen LogP contribution in [0.1, 0.15) is 12.6 Å². The summed E-state index contributed by atoms with van der Waals surface area (Å²) in [6.07, 6.45) is 1.86. The van der Waals surface area contributed by atoms with Crippen molar-refractivity contribution in [3.63, 3.8) is 0 Å². The Morgan fingerprint density at radius 3 is 3.00 bits per heavy atom. The second-order valence-electron chi connectivity index (χ2n) is 3.59. The highest BCUT2D eigenvalue weighted by molar-refractivity contribution is 5.02. The Morgan fingerprint density at radius 2 is 2.38 bits per heavy atom. The van der Waals surface area contributed by atoms with Gasteiger partial charge in [0, 0.05) is 38.4 Å². The van der Waals surface area contributed by atoms with Gasteiger partial charge in [-0.3, -0.25) is 9.58 Å². The topological polar surface area (TPSA) is 47.1 Å². The summed E-state index contributed by atoms with van der Waals surface area (Å²) in [5.74, 6) is 0. The summed E-state index contributed by atoms with van der Waals surface area (Å²) in [4.78, 5) is 2.34. The molecule has 4 nitrogen and oxygen atoms in total. The second-order valence-corrected chi connectivity index (χ2v) is 3.59. The van der Waals surface area contributed by atoms with Gasteiger partial charge in [0.1, 0.15) is 0 Å². The zero-order chi connectivity index (χ0) is 9.26. The lowest BCUT2D eigenvalue weighted by Gasteiger charge is -2.36. The number of rotatable bonds is 3. The first kappa shape index (κ1) is 8.72. The number of hydrogen-bond donors (Lipinski definition) is 1. The van der Waals surface area contributed by atoms with Crippen LogP contribution in [0.25, 0.3) is 0 Å². The largest absolute Gasteiger partial charge is 0.325 e. The lowest BCUT2D eigenvalue weighted by molar-refractivity contribution is 0.138. The molecule has 0 aliphatic carbocycles. The van der Waals surface area contributed by atoms with E-state index in [4.69, 9.17) is 5.73 Å². The number of likely N-dealkylation sites (tertiary alicyclic amines) is 1. The van der Waals surface area contributed by atoms with Gasteiger partial charge in [0.05, 0.1) is 5.69 Å². The molecule has 2 heterocycles. The van der Waals surface area contributed by atoms with Gasteiger partial charge < -0.3 is 5.73 Å². The molecule has 13 heavy (non-hydrogen) atoms. The minimum Gasteiger partial charge on any atom is -0.325 e. The molecule has 72 valence electrons. The van der Waals surface area contributed by atoms with Crippen LogP contribution in [0.4, 0.5) is 0 Å². The molecule has 2 rings (SSSR count). The minimum atomic E-state index is 0.387. The van der Waals surface area contributed by atoms with Gasteiger partial charge in [-0.1, -0.05) is 0 Å². The van der Waals surface area contributed by atoms with E-state index in [0.29, 0.717) is 6.04 Å². The molecule has 0 bridgehead atoms. The molecule has 1 aromatic heterocycles. The van der Waals surface area contributed by atoms with E-state index in [1.807, 2.05) is 10.9 Å². The first-order valence-electron chi connectivity index (χ1n) is 4.78. The van der Waals surface area contributed by atoms with Crippen molar-refractivity contribution in [3.8, 4) is 0 Å². The van der Waals surface area contributed by atoms with Crippen molar-refractivity contribution < 1.29 is 0 Å². The van der Waals surface area contributed by atoms with Crippen molar-refractivity contribution in [1.29, 1.82) is 0 Å². The minimum absolute atomic E-state index is 0.387. The van der Waals surface area contributed by atoms with E-state index >= 15 is 0 Å². The maximum Gasteiger partial charge on any atom is 0.0524 e. The monoisotopic (exact) mass is 180 g/mol. The third-order valence-electron chi connectivity index (χ3n) is 2.48. The van der Waals surface area contributed by atoms with Crippen molar-refractivity contribution in [2.75, 3.05) is 13.1 Å². The molecule has 0 unspecified atom stereocenters. The molecule has 0 saturated carbocycles. The Hall–Kier alpha value is -0.870. The Kier molecular flexibility index (Phi) is 2.33. The molecule has 1 aliphatic heterocycles. The van der Waals surface area contributed by atoms with Crippen LogP contribution in [0.2, 0.25) is 0 Å². The van der Waals surface area contributed by atoms with Gasteiger partial charge in [0.2, 0.25) is 0 Å². The zero-order valence-corrected chi connectivity index (χ0v) is 7.98. The van der Waals surface area contributed by atoms with Gasteiger partial charge in [0.15, 0.2) is 0 Å². The van der Waals surface area contributed by atoms with Crippen molar-refractivity contribution in [2.45, 2.75) is 26.1 Å². The molecule has 4 heteroatoms. The van der Waals surface area contributed by atoms with Gasteiger partial charge in [0.25, 0.3) is 0 Å². The molecule has 0 atom stereocenters. The summed E-state index contributed by atoms with van der Waals surface area (Å²) in [6.45, 7) is 6.09. The number of nitrogens with zero attached hydrogens (tertiary/aromatic N) is 3. The Labute approximate surface area is 78.3 Å². The summed E-state index contributed by atoms with van der Waals surface area (Å²) < 4.78 is 2.03. The number of aromatic nitrogens is 2. The van der Waals surface area contributed by atoms with Crippen LogP contribution in [0, 0.1) is 0 Å². The summed E-state index contributed by atoms with van der Waals surface area (Å²) in [6, 6.07) is 2.46. The number of nitrogens with two attached hydrogens (primary N) is 1. The van der Waals surface area contributed by atoms with Crippen molar-refractivity contribution >= 4 is 0 Å². The van der Waals surface area contributed by atoms with E-state index in [1.54, 1.807) is 0 Å². The predicted molar refractivity (Wildman–Crippen MR) is 51.2 cm³/mol. The summed E-state index contributed by atoms with van der Waals surface area (Å²) in [5, 5.41) is 4.22. The Balaban J connectivity index is 1.94. The van der Waals surface area contributed by atoms with Gasteiger partial charge >= 0.3 is 0 Å².